The van der Waals surface area contributed by atoms with Gasteiger partial charge < -0.3 is 15.0 Å². The highest BCUT2D eigenvalue weighted by molar-refractivity contribution is 5.40. The van der Waals surface area contributed by atoms with E-state index in [1.54, 1.807) is 0 Å². The Morgan fingerprint density at radius 2 is 2.11 bits per heavy atom. The Balaban J connectivity index is 2.03. The number of hydrogen-bond donors (Lipinski definition) is 1. The highest BCUT2D eigenvalue weighted by atomic mass is 16.5. The van der Waals surface area contributed by atoms with Gasteiger partial charge >= 0.3 is 0 Å². The van der Waals surface area contributed by atoms with E-state index in [0.29, 0.717) is 12.1 Å². The molecule has 1 atom stereocenters. The van der Waals surface area contributed by atoms with Gasteiger partial charge in [-0.3, -0.25) is 0 Å². The zero-order valence-corrected chi connectivity index (χ0v) is 11.5. The highest BCUT2D eigenvalue weighted by Crippen LogP contribution is 2.20. The first-order valence-electron chi connectivity index (χ1n) is 6.66. The zero-order chi connectivity index (χ0) is 13.0. The van der Waals surface area contributed by atoms with Gasteiger partial charge in [0.25, 0.3) is 0 Å². The standard InChI is InChI=1S/C14H23N3O/c1-11(15-2)12-4-5-14(16-10-12)17(3)13-6-8-18-9-7-13/h4-5,10-11,13,15H,6-9H2,1-3H3. The van der Waals surface area contributed by atoms with Crippen molar-refractivity contribution < 1.29 is 4.74 Å². The predicted octanol–water partition coefficient (Wildman–Crippen LogP) is 1.98. The molecule has 2 rings (SSSR count). The van der Waals surface area contributed by atoms with Gasteiger partial charge in [-0.05, 0) is 38.4 Å². The highest BCUT2D eigenvalue weighted by Gasteiger charge is 2.19. The molecule has 1 unspecified atom stereocenters. The zero-order valence-electron chi connectivity index (χ0n) is 11.5. The summed E-state index contributed by atoms with van der Waals surface area (Å²) < 4.78 is 5.40. The average Bonchev–Trinajstić information content (AvgIpc) is 2.47. The quantitative estimate of drug-likeness (QED) is 0.885. The first-order valence-corrected chi connectivity index (χ1v) is 6.66. The number of nitrogens with one attached hydrogen (secondary N) is 1. The van der Waals surface area contributed by atoms with E-state index in [0.717, 1.165) is 31.9 Å². The lowest BCUT2D eigenvalue weighted by atomic mass is 10.1. The largest absolute Gasteiger partial charge is 0.381 e. The van der Waals surface area contributed by atoms with Crippen LogP contribution in [0.1, 0.15) is 31.4 Å². The molecule has 4 nitrogen and oxygen atoms in total. The summed E-state index contributed by atoms with van der Waals surface area (Å²) in [4.78, 5) is 6.84. The van der Waals surface area contributed by atoms with E-state index in [-0.39, 0.29) is 0 Å². The fraction of sp³-hybridized carbons (Fsp3) is 0.643. The van der Waals surface area contributed by atoms with Crippen LogP contribution in [0.4, 0.5) is 5.82 Å². The van der Waals surface area contributed by atoms with Gasteiger partial charge in [0.15, 0.2) is 0 Å². The molecule has 18 heavy (non-hydrogen) atoms. The molecule has 1 fully saturated rings. The Morgan fingerprint density at radius 3 is 2.67 bits per heavy atom. The molecule has 0 saturated carbocycles. The summed E-state index contributed by atoms with van der Waals surface area (Å²) in [6, 6.07) is 5.16. The Bertz CT molecular complexity index is 360. The number of nitrogens with zero attached hydrogens (tertiary/aromatic N) is 2. The average molecular weight is 249 g/mol. The van der Waals surface area contributed by atoms with Crippen molar-refractivity contribution in [3.05, 3.63) is 23.9 Å². The third-order valence-corrected chi connectivity index (χ3v) is 3.80. The van der Waals surface area contributed by atoms with Crippen LogP contribution in [-0.4, -0.2) is 38.3 Å². The van der Waals surface area contributed by atoms with E-state index in [4.69, 9.17) is 4.74 Å². The minimum absolute atomic E-state index is 0.347. The van der Waals surface area contributed by atoms with Crippen molar-refractivity contribution in [2.75, 3.05) is 32.2 Å². The van der Waals surface area contributed by atoms with Crippen molar-refractivity contribution in [2.24, 2.45) is 0 Å². The van der Waals surface area contributed by atoms with Crippen molar-refractivity contribution in [3.63, 3.8) is 0 Å². The molecule has 0 bridgehead atoms. The summed E-state index contributed by atoms with van der Waals surface area (Å²) >= 11 is 0. The molecule has 1 aliphatic rings. The lowest BCUT2D eigenvalue weighted by molar-refractivity contribution is 0.0853. The number of aromatic nitrogens is 1. The topological polar surface area (TPSA) is 37.4 Å². The van der Waals surface area contributed by atoms with Crippen molar-refractivity contribution >= 4 is 5.82 Å². The number of hydrogen-bond acceptors (Lipinski definition) is 4. The molecule has 1 saturated heterocycles. The molecule has 1 N–H and O–H groups in total. The van der Waals surface area contributed by atoms with Crippen LogP contribution in [0.5, 0.6) is 0 Å². The second-order valence-electron chi connectivity index (χ2n) is 4.91. The van der Waals surface area contributed by atoms with E-state index < -0.39 is 0 Å². The van der Waals surface area contributed by atoms with E-state index in [9.17, 15) is 0 Å². The van der Waals surface area contributed by atoms with Crippen LogP contribution in [0, 0.1) is 0 Å². The number of anilines is 1. The lowest BCUT2D eigenvalue weighted by Gasteiger charge is -2.32. The summed E-state index contributed by atoms with van der Waals surface area (Å²) in [6.07, 6.45) is 4.14. The van der Waals surface area contributed by atoms with E-state index in [1.807, 2.05) is 13.2 Å². The fourth-order valence-corrected chi connectivity index (χ4v) is 2.29. The molecule has 1 aromatic rings. The van der Waals surface area contributed by atoms with Crippen LogP contribution in [0.3, 0.4) is 0 Å². The van der Waals surface area contributed by atoms with Gasteiger partial charge in [0.2, 0.25) is 0 Å². The second kappa shape index (κ2) is 6.16. The van der Waals surface area contributed by atoms with Gasteiger partial charge in [0.05, 0.1) is 0 Å². The van der Waals surface area contributed by atoms with Crippen LogP contribution in [-0.2, 0) is 4.74 Å². The molecule has 1 aliphatic heterocycles. The molecule has 0 aromatic carbocycles. The van der Waals surface area contributed by atoms with Crippen molar-refractivity contribution in [1.82, 2.24) is 10.3 Å². The number of pyridine rings is 1. The molecule has 0 spiro atoms. The van der Waals surface area contributed by atoms with E-state index in [2.05, 4.69) is 41.3 Å². The first-order chi connectivity index (χ1) is 8.72. The molecule has 100 valence electrons. The summed E-state index contributed by atoms with van der Waals surface area (Å²) in [5.41, 5.74) is 1.22. The Kier molecular flexibility index (Phi) is 4.55. The van der Waals surface area contributed by atoms with Gasteiger partial charge in [-0.25, -0.2) is 4.98 Å². The van der Waals surface area contributed by atoms with Crippen molar-refractivity contribution in [1.29, 1.82) is 0 Å². The number of ether oxygens (including phenoxy) is 1. The molecule has 0 radical (unpaired) electrons. The van der Waals surface area contributed by atoms with Gasteiger partial charge in [0, 0.05) is 38.5 Å². The predicted molar refractivity (Wildman–Crippen MR) is 74.0 cm³/mol. The van der Waals surface area contributed by atoms with Crippen LogP contribution in [0.2, 0.25) is 0 Å². The van der Waals surface area contributed by atoms with Crippen LogP contribution in [0.15, 0.2) is 18.3 Å². The van der Waals surface area contributed by atoms with Crippen LogP contribution < -0.4 is 10.2 Å². The molecule has 1 aromatic heterocycles. The maximum atomic E-state index is 5.40. The smallest absolute Gasteiger partial charge is 0.128 e. The minimum Gasteiger partial charge on any atom is -0.381 e. The monoisotopic (exact) mass is 249 g/mol. The van der Waals surface area contributed by atoms with Crippen molar-refractivity contribution in [3.8, 4) is 0 Å². The fourth-order valence-electron chi connectivity index (χ4n) is 2.29. The normalized spacial score (nSPS) is 18.6. The lowest BCUT2D eigenvalue weighted by Crippen LogP contribution is -2.37. The summed E-state index contributed by atoms with van der Waals surface area (Å²) in [6.45, 7) is 3.87. The summed E-state index contributed by atoms with van der Waals surface area (Å²) in [5, 5.41) is 3.22. The van der Waals surface area contributed by atoms with Gasteiger partial charge in [-0.1, -0.05) is 6.07 Å². The van der Waals surface area contributed by atoms with E-state index in [1.165, 1.54) is 5.56 Å². The Morgan fingerprint density at radius 1 is 1.39 bits per heavy atom. The van der Waals surface area contributed by atoms with Gasteiger partial charge in [-0.2, -0.15) is 0 Å². The van der Waals surface area contributed by atoms with Gasteiger partial charge in [0.1, 0.15) is 5.82 Å². The molecule has 2 heterocycles. The molecule has 4 heteroatoms. The third-order valence-electron chi connectivity index (χ3n) is 3.80. The van der Waals surface area contributed by atoms with Gasteiger partial charge in [-0.15, -0.1) is 0 Å². The summed E-state index contributed by atoms with van der Waals surface area (Å²) in [5.74, 6) is 1.05. The van der Waals surface area contributed by atoms with Crippen LogP contribution >= 0.6 is 0 Å². The second-order valence-corrected chi connectivity index (χ2v) is 4.91. The third kappa shape index (κ3) is 3.00. The maximum absolute atomic E-state index is 5.40. The van der Waals surface area contributed by atoms with Crippen LogP contribution in [0.25, 0.3) is 0 Å². The molecular formula is C14H23N3O. The van der Waals surface area contributed by atoms with Crippen molar-refractivity contribution in [2.45, 2.75) is 31.8 Å². The minimum atomic E-state index is 0.347. The molecular weight excluding hydrogens is 226 g/mol. The summed E-state index contributed by atoms with van der Waals surface area (Å²) in [7, 11) is 4.09. The SMILES string of the molecule is CNC(C)c1ccc(N(C)C2CCOCC2)nc1. The molecule has 0 amide bonds. The number of rotatable bonds is 4. The molecule has 0 aliphatic carbocycles. The first kappa shape index (κ1) is 13.3. The Hall–Kier alpha value is -1.13. The maximum Gasteiger partial charge on any atom is 0.128 e. The van der Waals surface area contributed by atoms with E-state index >= 15 is 0 Å². The Labute approximate surface area is 109 Å².